The van der Waals surface area contributed by atoms with Gasteiger partial charge in [-0.15, -0.1) is 13.2 Å². The third-order valence-corrected chi connectivity index (χ3v) is 9.22. The summed E-state index contributed by atoms with van der Waals surface area (Å²) in [6, 6.07) is 5.55. The Bertz CT molecular complexity index is 1340. The summed E-state index contributed by atoms with van der Waals surface area (Å²) in [6.45, 7) is 2.85. The summed E-state index contributed by atoms with van der Waals surface area (Å²) in [7, 11) is -3.95. The summed E-state index contributed by atoms with van der Waals surface area (Å²) in [5, 5.41) is 8.25. The normalized spacial score (nSPS) is 17.7. The topological polar surface area (TPSA) is 139 Å². The van der Waals surface area contributed by atoms with Crippen molar-refractivity contribution in [3.63, 3.8) is 0 Å². The third-order valence-electron chi connectivity index (χ3n) is 7.46. The van der Waals surface area contributed by atoms with Gasteiger partial charge in [-0.3, -0.25) is 9.59 Å². The Morgan fingerprint density at radius 3 is 2.40 bits per heavy atom. The van der Waals surface area contributed by atoms with E-state index in [9.17, 15) is 31.2 Å². The van der Waals surface area contributed by atoms with Gasteiger partial charge in [0.05, 0.1) is 18.8 Å². The number of rotatable bonds is 12. The maximum Gasteiger partial charge on any atom is 0.573 e. The monoisotopic (exact) mass is 630 g/mol. The number of aryl methyl sites for hydroxylation is 1. The molecule has 1 atom stereocenters. The van der Waals surface area contributed by atoms with Crippen LogP contribution in [0.5, 0.6) is 5.75 Å². The molecule has 0 radical (unpaired) electrons. The van der Waals surface area contributed by atoms with E-state index in [-0.39, 0.29) is 67.5 Å². The van der Waals surface area contributed by atoms with E-state index in [0.29, 0.717) is 12.1 Å². The Balaban J connectivity index is 1.36. The maximum atomic E-state index is 13.3. The average Bonchev–Trinajstić information content (AvgIpc) is 3.38. The van der Waals surface area contributed by atoms with Crippen LogP contribution in [-0.2, 0) is 19.6 Å². The highest BCUT2D eigenvalue weighted by atomic mass is 32.2. The zero-order valence-corrected chi connectivity index (χ0v) is 24.7. The summed E-state index contributed by atoms with van der Waals surface area (Å²) in [5.41, 5.74) is 0.571. The predicted octanol–water partition coefficient (Wildman–Crippen LogP) is 3.80. The first-order chi connectivity index (χ1) is 20.4. The molecule has 0 spiro atoms. The highest BCUT2D eigenvalue weighted by Crippen LogP contribution is 2.28. The molecule has 1 aromatic carbocycles. The Morgan fingerprint density at radius 1 is 1.07 bits per heavy atom. The van der Waals surface area contributed by atoms with Crippen molar-refractivity contribution in [2.24, 2.45) is 5.92 Å². The smallest absolute Gasteiger partial charge is 0.448 e. The van der Waals surface area contributed by atoms with Gasteiger partial charge in [0.25, 0.3) is 15.9 Å². The number of anilines is 1. The largest absolute Gasteiger partial charge is 0.573 e. The minimum Gasteiger partial charge on any atom is -0.448 e. The number of carbonyl (C=O) groups excluding carboxylic acids is 2. The van der Waals surface area contributed by atoms with Gasteiger partial charge in [0, 0.05) is 37.9 Å². The summed E-state index contributed by atoms with van der Waals surface area (Å²) >= 11 is 0. The molecule has 1 aliphatic heterocycles. The number of ether oxygens (including phenoxy) is 2. The molecule has 0 bridgehead atoms. The summed E-state index contributed by atoms with van der Waals surface area (Å²) < 4.78 is 78.9. The lowest BCUT2D eigenvalue weighted by molar-refractivity contribution is -0.274. The van der Waals surface area contributed by atoms with Crippen LogP contribution in [0.3, 0.4) is 0 Å². The number of nitrogens with one attached hydrogen (secondary N) is 3. The van der Waals surface area contributed by atoms with Gasteiger partial charge in [0.1, 0.15) is 17.6 Å². The van der Waals surface area contributed by atoms with Crippen LogP contribution in [0.4, 0.5) is 18.9 Å². The second-order valence-electron chi connectivity index (χ2n) is 10.6. The fourth-order valence-electron chi connectivity index (χ4n) is 5.24. The molecular formula is C28H37F3N4O7S. The van der Waals surface area contributed by atoms with Crippen LogP contribution in [0, 0.1) is 12.8 Å². The van der Waals surface area contributed by atoms with E-state index in [0.717, 1.165) is 32.1 Å². The van der Waals surface area contributed by atoms with Gasteiger partial charge in [-0.25, -0.2) is 8.42 Å². The van der Waals surface area contributed by atoms with Crippen LogP contribution in [0.25, 0.3) is 0 Å². The van der Waals surface area contributed by atoms with E-state index in [1.54, 1.807) is 0 Å². The first kappa shape index (κ1) is 32.6. The minimum atomic E-state index is -4.78. The van der Waals surface area contributed by atoms with Gasteiger partial charge in [-0.2, -0.15) is 4.31 Å². The molecular weight excluding hydrogens is 593 g/mol. The molecule has 2 fully saturated rings. The van der Waals surface area contributed by atoms with Crippen molar-refractivity contribution in [1.82, 2.24) is 14.9 Å². The molecule has 1 saturated carbocycles. The summed E-state index contributed by atoms with van der Waals surface area (Å²) in [4.78, 5) is 26.5. The van der Waals surface area contributed by atoms with E-state index >= 15 is 0 Å². The Hall–Kier alpha value is -3.30. The Morgan fingerprint density at radius 2 is 1.74 bits per heavy atom. The highest BCUT2D eigenvalue weighted by molar-refractivity contribution is 7.89. The molecule has 2 aromatic rings. The van der Waals surface area contributed by atoms with Crippen molar-refractivity contribution < 1.29 is 45.1 Å². The van der Waals surface area contributed by atoms with Gasteiger partial charge < -0.3 is 29.8 Å². The zero-order chi connectivity index (χ0) is 31.0. The third kappa shape index (κ3) is 9.34. The summed E-state index contributed by atoms with van der Waals surface area (Å²) in [5.74, 6) is -0.969. The predicted molar refractivity (Wildman–Crippen MR) is 150 cm³/mol. The van der Waals surface area contributed by atoms with Crippen LogP contribution < -0.4 is 20.7 Å². The number of halogens is 3. The number of benzene rings is 1. The number of hydrogen-bond donors (Lipinski definition) is 3. The number of alkyl halides is 3. The Kier molecular flexibility index (Phi) is 11.0. The number of carbonyl (C=O) groups is 2. The van der Waals surface area contributed by atoms with Crippen molar-refractivity contribution >= 4 is 27.5 Å². The minimum absolute atomic E-state index is 0.0351. The molecule has 43 heavy (non-hydrogen) atoms. The van der Waals surface area contributed by atoms with Crippen LogP contribution >= 0.6 is 0 Å². The van der Waals surface area contributed by atoms with Crippen LogP contribution in [0.15, 0.2) is 39.8 Å². The molecule has 4 rings (SSSR count). The summed E-state index contributed by atoms with van der Waals surface area (Å²) in [6.07, 6.45) is 0.775. The number of amides is 2. The van der Waals surface area contributed by atoms with Crippen LogP contribution in [0.2, 0.25) is 0 Å². The van der Waals surface area contributed by atoms with Gasteiger partial charge in [0.15, 0.2) is 0 Å². The first-order valence-corrected chi connectivity index (χ1v) is 15.7. The number of furan rings is 1. The molecule has 3 N–H and O–H groups in total. The van der Waals surface area contributed by atoms with Gasteiger partial charge >= 0.3 is 6.36 Å². The van der Waals surface area contributed by atoms with E-state index in [2.05, 4.69) is 20.7 Å². The lowest BCUT2D eigenvalue weighted by Gasteiger charge is -2.26. The van der Waals surface area contributed by atoms with Gasteiger partial charge in [-0.05, 0) is 43.5 Å². The standard InChI is InChI=1S/C28H37F3N4O7S/c1-19-23(18-25(41-19)43(38,39)35-13-15-40-16-14-35)26(36)34-24(17-20-5-3-2-4-6-20)27(37)33-12-11-32-21-7-9-22(10-8-21)42-28(29,30)31/h7-10,18,20,24,32H,2-6,11-17H2,1H3,(H,33,37)(H,34,36)/t24-/m0/s1. The molecule has 2 amide bonds. The maximum absolute atomic E-state index is 13.3. The molecule has 238 valence electrons. The molecule has 2 heterocycles. The van der Waals surface area contributed by atoms with Crippen molar-refractivity contribution in [2.75, 3.05) is 44.7 Å². The number of nitrogens with zero attached hydrogens (tertiary/aromatic N) is 1. The fourth-order valence-corrected chi connectivity index (χ4v) is 6.62. The molecule has 2 aliphatic rings. The first-order valence-electron chi connectivity index (χ1n) is 14.3. The molecule has 1 aromatic heterocycles. The molecule has 15 heteroatoms. The van der Waals surface area contributed by atoms with Crippen LogP contribution in [0.1, 0.15) is 54.6 Å². The molecule has 1 aliphatic carbocycles. The second-order valence-corrected chi connectivity index (χ2v) is 12.5. The van der Waals surface area contributed by atoms with E-state index in [1.807, 2.05) is 0 Å². The van der Waals surface area contributed by atoms with Crippen molar-refractivity contribution in [2.45, 2.75) is 62.9 Å². The van der Waals surface area contributed by atoms with E-state index < -0.39 is 34.2 Å². The lowest BCUT2D eigenvalue weighted by Crippen LogP contribution is -2.48. The van der Waals surface area contributed by atoms with Crippen molar-refractivity contribution in [1.29, 1.82) is 0 Å². The van der Waals surface area contributed by atoms with Crippen molar-refractivity contribution in [3.05, 3.63) is 41.7 Å². The molecule has 1 saturated heterocycles. The SMILES string of the molecule is Cc1oc(S(=O)(=O)N2CCOCC2)cc1C(=O)N[C@@H](CC1CCCCC1)C(=O)NCCNc1ccc(OC(F)(F)F)cc1. The number of hydrogen-bond acceptors (Lipinski definition) is 8. The van der Waals surface area contributed by atoms with Gasteiger partial charge in [-0.1, -0.05) is 32.1 Å². The quantitative estimate of drug-likeness (QED) is 0.301. The molecule has 0 unspecified atom stereocenters. The van der Waals surface area contributed by atoms with Gasteiger partial charge in [0.2, 0.25) is 11.0 Å². The van der Waals surface area contributed by atoms with Crippen LogP contribution in [-0.4, -0.2) is 76.3 Å². The Labute approximate surface area is 248 Å². The second kappa shape index (κ2) is 14.4. The van der Waals surface area contributed by atoms with E-state index in [4.69, 9.17) is 9.15 Å². The lowest BCUT2D eigenvalue weighted by atomic mass is 9.84. The van der Waals surface area contributed by atoms with E-state index in [1.165, 1.54) is 41.6 Å². The average molecular weight is 631 g/mol. The van der Waals surface area contributed by atoms with Crippen molar-refractivity contribution in [3.8, 4) is 5.75 Å². The number of sulfonamides is 1. The highest BCUT2D eigenvalue weighted by Gasteiger charge is 2.33. The fraction of sp³-hybridized carbons (Fsp3) is 0.571. The molecule has 11 nitrogen and oxygen atoms in total. The number of morpholine rings is 1. The zero-order valence-electron chi connectivity index (χ0n) is 23.9.